The molecule has 0 N–H and O–H groups in total. The first kappa shape index (κ1) is 27.2. The van der Waals surface area contributed by atoms with Crippen molar-refractivity contribution < 1.29 is 8.78 Å². The first-order valence-corrected chi connectivity index (χ1v) is 15.4. The molecule has 0 saturated carbocycles. The van der Waals surface area contributed by atoms with Crippen molar-refractivity contribution in [3.63, 3.8) is 0 Å². The number of fused-ring (bicyclic) bond motifs is 8. The van der Waals surface area contributed by atoms with E-state index in [1.54, 1.807) is 0 Å². The second kappa shape index (κ2) is 10.4. The molecular formula is C38H42F2. The minimum absolute atomic E-state index is 0.0333. The molecule has 6 rings (SSSR count). The van der Waals surface area contributed by atoms with Crippen LogP contribution >= 0.6 is 0 Å². The molecule has 0 aliphatic heterocycles. The molecule has 2 aliphatic carbocycles. The van der Waals surface area contributed by atoms with Gasteiger partial charge in [0.25, 0.3) is 0 Å². The monoisotopic (exact) mass is 536 g/mol. The van der Waals surface area contributed by atoms with Crippen molar-refractivity contribution in [1.82, 2.24) is 0 Å². The molecule has 2 heteroatoms. The van der Waals surface area contributed by atoms with Crippen LogP contribution in [0.2, 0.25) is 0 Å². The van der Waals surface area contributed by atoms with Gasteiger partial charge in [-0.3, -0.25) is 8.78 Å². The molecule has 4 aromatic carbocycles. The lowest BCUT2D eigenvalue weighted by Crippen LogP contribution is -2.27. The van der Waals surface area contributed by atoms with E-state index in [-0.39, 0.29) is 12.1 Å². The number of hydrogen-bond donors (Lipinski definition) is 0. The normalized spacial score (nSPS) is 20.4. The average Bonchev–Trinajstić information content (AvgIpc) is 3.37. The van der Waals surface area contributed by atoms with Gasteiger partial charge in [0.2, 0.25) is 0 Å². The lowest BCUT2D eigenvalue weighted by Gasteiger charge is -2.34. The third kappa shape index (κ3) is 3.81. The van der Waals surface area contributed by atoms with Crippen LogP contribution < -0.4 is 0 Å². The summed E-state index contributed by atoms with van der Waals surface area (Å²) < 4.78 is 28.2. The number of unbranched alkanes of at least 4 members (excludes halogenated alkanes) is 1. The molecule has 0 amide bonds. The van der Waals surface area contributed by atoms with E-state index in [2.05, 4.69) is 88.4 Å². The molecule has 2 unspecified atom stereocenters. The van der Waals surface area contributed by atoms with Gasteiger partial charge in [0, 0.05) is 10.8 Å². The van der Waals surface area contributed by atoms with E-state index < -0.39 is 12.1 Å². The van der Waals surface area contributed by atoms with Gasteiger partial charge in [-0.05, 0) is 119 Å². The zero-order valence-electron chi connectivity index (χ0n) is 24.6. The van der Waals surface area contributed by atoms with E-state index in [9.17, 15) is 8.78 Å². The lowest BCUT2D eigenvalue weighted by atomic mass is 9.69. The van der Waals surface area contributed by atoms with Crippen LogP contribution in [0.5, 0.6) is 0 Å². The maximum atomic E-state index is 14.4. The van der Waals surface area contributed by atoms with Gasteiger partial charge >= 0.3 is 0 Å². The number of benzene rings is 4. The highest BCUT2D eigenvalue weighted by Crippen LogP contribution is 2.61. The van der Waals surface area contributed by atoms with Gasteiger partial charge in [0.05, 0.1) is 13.3 Å². The zero-order chi connectivity index (χ0) is 28.1. The molecule has 0 spiro atoms. The Hall–Kier alpha value is -3.00. The maximum absolute atomic E-state index is 14.4. The molecule has 208 valence electrons. The fourth-order valence-corrected chi connectivity index (χ4v) is 8.39. The summed E-state index contributed by atoms with van der Waals surface area (Å²) in [4.78, 5) is 0. The van der Waals surface area contributed by atoms with Gasteiger partial charge in [-0.1, -0.05) is 87.2 Å². The van der Waals surface area contributed by atoms with Gasteiger partial charge in [0.1, 0.15) is 0 Å². The van der Waals surface area contributed by atoms with Crippen molar-refractivity contribution in [3.05, 3.63) is 94.0 Å². The molecule has 2 atom stereocenters. The Labute approximate surface area is 238 Å². The van der Waals surface area contributed by atoms with E-state index >= 15 is 0 Å². The van der Waals surface area contributed by atoms with Crippen molar-refractivity contribution >= 4 is 10.8 Å². The summed E-state index contributed by atoms with van der Waals surface area (Å²) in [6, 6.07) is 22.9. The largest absolute Gasteiger partial charge is 0.251 e. The minimum atomic E-state index is -0.493. The third-order valence-corrected chi connectivity index (χ3v) is 10.1. The number of aryl methyl sites for hydroxylation is 2. The van der Waals surface area contributed by atoms with Crippen molar-refractivity contribution in [1.29, 1.82) is 0 Å². The fraction of sp³-hybridized carbons (Fsp3) is 0.421. The van der Waals surface area contributed by atoms with Crippen LogP contribution in [-0.4, -0.2) is 13.3 Å². The molecule has 0 heterocycles. The van der Waals surface area contributed by atoms with Gasteiger partial charge in [-0.2, -0.15) is 0 Å². The number of rotatable bonds is 10. The van der Waals surface area contributed by atoms with Crippen LogP contribution in [0.25, 0.3) is 33.0 Å². The maximum Gasteiger partial charge on any atom is 0.0906 e. The Morgan fingerprint density at radius 2 is 1.25 bits per heavy atom. The van der Waals surface area contributed by atoms with Crippen LogP contribution in [0.3, 0.4) is 0 Å². The Balaban J connectivity index is 1.73. The van der Waals surface area contributed by atoms with E-state index in [1.165, 1.54) is 79.2 Å². The smallest absolute Gasteiger partial charge is 0.0906 e. The molecule has 0 radical (unpaired) electrons. The van der Waals surface area contributed by atoms with E-state index in [0.29, 0.717) is 19.3 Å². The second-order valence-corrected chi connectivity index (χ2v) is 12.4. The van der Waals surface area contributed by atoms with Gasteiger partial charge < -0.3 is 0 Å². The predicted octanol–water partition coefficient (Wildman–Crippen LogP) is 11.1. The Morgan fingerprint density at radius 1 is 0.575 bits per heavy atom. The van der Waals surface area contributed by atoms with Crippen molar-refractivity contribution in [3.8, 4) is 22.3 Å². The highest BCUT2D eigenvalue weighted by atomic mass is 19.1. The van der Waals surface area contributed by atoms with Crippen LogP contribution in [0, 0.1) is 13.8 Å². The SMILES string of the molecule is CCCCC1(CCC)c2cc3c(cc2-c2c1cc(C)c1ccccc21)C(CCF)(CCCF)c1cc(C)ccc1-3. The van der Waals surface area contributed by atoms with Gasteiger partial charge in [0.15, 0.2) is 0 Å². The molecule has 0 fully saturated rings. The minimum Gasteiger partial charge on any atom is -0.251 e. The lowest BCUT2D eigenvalue weighted by molar-refractivity contribution is 0.339. The number of halogens is 2. The molecule has 0 bridgehead atoms. The second-order valence-electron chi connectivity index (χ2n) is 12.4. The van der Waals surface area contributed by atoms with E-state index in [4.69, 9.17) is 0 Å². The molecule has 0 saturated heterocycles. The topological polar surface area (TPSA) is 0 Å². The third-order valence-electron chi connectivity index (χ3n) is 10.1. The first-order chi connectivity index (χ1) is 19.5. The zero-order valence-corrected chi connectivity index (χ0v) is 24.6. The molecule has 0 nitrogen and oxygen atoms in total. The Bertz CT molecular complexity index is 1580. The van der Waals surface area contributed by atoms with Crippen LogP contribution in [0.4, 0.5) is 8.78 Å². The molecular weight excluding hydrogens is 494 g/mol. The summed E-state index contributed by atoms with van der Waals surface area (Å²) in [6.45, 7) is 8.18. The Morgan fingerprint density at radius 3 is 1.98 bits per heavy atom. The summed E-state index contributed by atoms with van der Waals surface area (Å²) in [5.41, 5.74) is 12.5. The summed E-state index contributed by atoms with van der Waals surface area (Å²) >= 11 is 0. The molecule has 40 heavy (non-hydrogen) atoms. The van der Waals surface area contributed by atoms with Crippen LogP contribution in [0.1, 0.15) is 98.6 Å². The van der Waals surface area contributed by atoms with Gasteiger partial charge in [-0.15, -0.1) is 0 Å². The van der Waals surface area contributed by atoms with E-state index in [1.807, 2.05) is 0 Å². The van der Waals surface area contributed by atoms with Crippen LogP contribution in [-0.2, 0) is 10.8 Å². The summed E-state index contributed by atoms with van der Waals surface area (Å²) in [5.74, 6) is 0. The van der Waals surface area contributed by atoms with Crippen LogP contribution in [0.15, 0.2) is 60.7 Å². The molecule has 4 aromatic rings. The average molecular weight is 537 g/mol. The molecule has 0 aromatic heterocycles. The van der Waals surface area contributed by atoms with E-state index in [0.717, 1.165) is 19.3 Å². The highest BCUT2D eigenvalue weighted by Gasteiger charge is 2.48. The summed E-state index contributed by atoms with van der Waals surface area (Å²) in [6.07, 6.45) is 7.18. The number of alkyl halides is 2. The van der Waals surface area contributed by atoms with Crippen molar-refractivity contribution in [2.45, 2.75) is 89.9 Å². The molecule has 2 aliphatic rings. The quantitative estimate of drug-likeness (QED) is 0.189. The Kier molecular flexibility index (Phi) is 7.09. The number of hydrogen-bond acceptors (Lipinski definition) is 0. The van der Waals surface area contributed by atoms with Gasteiger partial charge in [-0.25, -0.2) is 0 Å². The highest BCUT2D eigenvalue weighted by molar-refractivity contribution is 6.05. The summed E-state index contributed by atoms with van der Waals surface area (Å²) in [5, 5.41) is 2.63. The summed E-state index contributed by atoms with van der Waals surface area (Å²) in [7, 11) is 0. The standard InChI is InChI=1S/C38H42F2/c1-5-7-16-37(15-6-2)34-23-30-28-14-13-25(3)21-32(28)38(18-20-40,17-10-19-39)33(30)24-31(34)36-29-12-9-8-11-27(29)26(4)22-35(36)37/h8-9,11-14,21-24H,5-7,10,15-20H2,1-4H3. The first-order valence-electron chi connectivity index (χ1n) is 15.4. The van der Waals surface area contributed by atoms with Crippen molar-refractivity contribution in [2.75, 3.05) is 13.3 Å². The van der Waals surface area contributed by atoms with Crippen molar-refractivity contribution in [2.24, 2.45) is 0 Å². The fourth-order valence-electron chi connectivity index (χ4n) is 8.39. The predicted molar refractivity (Wildman–Crippen MR) is 166 cm³/mol.